The molecule has 0 aromatic carbocycles. The summed E-state index contributed by atoms with van der Waals surface area (Å²) in [6, 6.07) is 0. The Morgan fingerprint density at radius 1 is 1.72 bits per heavy atom. The highest BCUT2D eigenvalue weighted by atomic mass is 32.1. The van der Waals surface area contributed by atoms with Crippen LogP contribution in [0.1, 0.15) is 19.2 Å². The normalized spacial score (nSPS) is 21.3. The number of aromatic nitrogens is 2. The molecular weight excluding hydrogens is 254 g/mol. The Labute approximate surface area is 109 Å². The number of nitrogens with zero attached hydrogens (tertiary/aromatic N) is 4. The number of morpholine rings is 1. The number of oxime groups is 1. The third-order valence-corrected chi connectivity index (χ3v) is 3.53. The number of hydrogen-bond acceptors (Lipinski definition) is 7. The molecule has 100 valence electrons. The summed E-state index contributed by atoms with van der Waals surface area (Å²) < 4.78 is 9.74. The summed E-state index contributed by atoms with van der Waals surface area (Å²) >= 11 is 1.38. The summed E-state index contributed by atoms with van der Waals surface area (Å²) in [5.41, 5.74) is 5.56. The highest BCUT2D eigenvalue weighted by Crippen LogP contribution is 2.20. The second-order valence-corrected chi connectivity index (χ2v) is 4.80. The van der Waals surface area contributed by atoms with Gasteiger partial charge in [0, 0.05) is 24.5 Å². The van der Waals surface area contributed by atoms with E-state index in [-0.39, 0.29) is 11.9 Å². The molecule has 2 heterocycles. The van der Waals surface area contributed by atoms with Crippen molar-refractivity contribution in [2.75, 3.05) is 24.6 Å². The molecule has 0 bridgehead atoms. The molecule has 7 nitrogen and oxygen atoms in total. The summed E-state index contributed by atoms with van der Waals surface area (Å²) in [5.74, 6) is 0.974. The molecule has 18 heavy (non-hydrogen) atoms. The zero-order chi connectivity index (χ0) is 13.0. The van der Waals surface area contributed by atoms with Gasteiger partial charge in [0.05, 0.1) is 13.2 Å². The molecule has 0 amide bonds. The van der Waals surface area contributed by atoms with Crippen LogP contribution in [0.4, 0.5) is 5.13 Å². The topological polar surface area (TPSA) is 96.9 Å². The molecule has 3 N–H and O–H groups in total. The number of nitrogens with two attached hydrogens (primary N) is 1. The molecule has 1 unspecified atom stereocenters. The van der Waals surface area contributed by atoms with Crippen LogP contribution in [0.5, 0.6) is 0 Å². The van der Waals surface area contributed by atoms with Gasteiger partial charge in [0.1, 0.15) is 11.9 Å². The fourth-order valence-electron chi connectivity index (χ4n) is 1.76. The SMILES string of the molecule is CCCc1nsc(N2CCOC(C(N)=NO)C2)n1. The molecule has 1 aliphatic rings. The lowest BCUT2D eigenvalue weighted by Crippen LogP contribution is -2.48. The van der Waals surface area contributed by atoms with Crippen molar-refractivity contribution in [2.45, 2.75) is 25.9 Å². The molecule has 2 rings (SSSR count). The maximum Gasteiger partial charge on any atom is 0.205 e. The molecule has 1 aliphatic heterocycles. The van der Waals surface area contributed by atoms with Crippen LogP contribution in [0.2, 0.25) is 0 Å². The predicted octanol–water partition coefficient (Wildman–Crippen LogP) is 0.442. The maximum atomic E-state index is 8.66. The van der Waals surface area contributed by atoms with Crippen molar-refractivity contribution in [1.29, 1.82) is 0 Å². The van der Waals surface area contributed by atoms with Gasteiger partial charge in [-0.2, -0.15) is 4.37 Å². The van der Waals surface area contributed by atoms with Gasteiger partial charge in [-0.1, -0.05) is 12.1 Å². The van der Waals surface area contributed by atoms with E-state index in [4.69, 9.17) is 15.7 Å². The minimum Gasteiger partial charge on any atom is -0.409 e. The smallest absolute Gasteiger partial charge is 0.205 e. The lowest BCUT2D eigenvalue weighted by Gasteiger charge is -2.31. The second kappa shape index (κ2) is 5.96. The molecule has 0 spiro atoms. The number of aryl methyl sites for hydroxylation is 1. The average Bonchev–Trinajstić information content (AvgIpc) is 2.87. The Morgan fingerprint density at radius 3 is 3.28 bits per heavy atom. The summed E-state index contributed by atoms with van der Waals surface area (Å²) in [6.45, 7) is 3.92. The average molecular weight is 271 g/mol. The zero-order valence-corrected chi connectivity index (χ0v) is 11.1. The summed E-state index contributed by atoms with van der Waals surface area (Å²) in [5, 5.41) is 12.5. The fraction of sp³-hybridized carbons (Fsp3) is 0.700. The van der Waals surface area contributed by atoms with Crippen LogP contribution in [0.25, 0.3) is 0 Å². The summed E-state index contributed by atoms with van der Waals surface area (Å²) in [7, 11) is 0. The van der Waals surface area contributed by atoms with E-state index in [1.54, 1.807) is 0 Å². The highest BCUT2D eigenvalue weighted by molar-refractivity contribution is 7.09. The summed E-state index contributed by atoms with van der Waals surface area (Å²) in [4.78, 5) is 6.54. The van der Waals surface area contributed by atoms with Crippen molar-refractivity contribution < 1.29 is 9.94 Å². The van der Waals surface area contributed by atoms with Gasteiger partial charge in [0.15, 0.2) is 5.84 Å². The Bertz CT molecular complexity index is 422. The van der Waals surface area contributed by atoms with Gasteiger partial charge in [-0.15, -0.1) is 0 Å². The number of rotatable bonds is 4. The van der Waals surface area contributed by atoms with Crippen LogP contribution < -0.4 is 10.6 Å². The van der Waals surface area contributed by atoms with Gasteiger partial charge in [-0.05, 0) is 6.42 Å². The monoisotopic (exact) mass is 271 g/mol. The van der Waals surface area contributed by atoms with E-state index in [1.807, 2.05) is 0 Å². The van der Waals surface area contributed by atoms with E-state index in [2.05, 4.69) is 26.3 Å². The molecule has 1 saturated heterocycles. The van der Waals surface area contributed by atoms with Gasteiger partial charge >= 0.3 is 0 Å². The van der Waals surface area contributed by atoms with Crippen LogP contribution in [0, 0.1) is 0 Å². The molecule has 1 fully saturated rings. The first-order chi connectivity index (χ1) is 8.74. The molecular formula is C10H17N5O2S. The quantitative estimate of drug-likeness (QED) is 0.357. The Kier molecular flexibility index (Phi) is 4.32. The zero-order valence-electron chi connectivity index (χ0n) is 10.2. The molecule has 0 aliphatic carbocycles. The maximum absolute atomic E-state index is 8.66. The minimum absolute atomic E-state index is 0.0954. The first kappa shape index (κ1) is 13.0. The molecule has 1 aromatic heterocycles. The Balaban J connectivity index is 2.03. The van der Waals surface area contributed by atoms with Crippen molar-refractivity contribution in [3.63, 3.8) is 0 Å². The molecule has 1 aromatic rings. The van der Waals surface area contributed by atoms with Gasteiger partial charge in [0.2, 0.25) is 5.13 Å². The lowest BCUT2D eigenvalue weighted by molar-refractivity contribution is 0.0807. The van der Waals surface area contributed by atoms with Gasteiger partial charge < -0.3 is 20.6 Å². The van der Waals surface area contributed by atoms with E-state index in [9.17, 15) is 0 Å². The van der Waals surface area contributed by atoms with E-state index in [0.29, 0.717) is 13.2 Å². The van der Waals surface area contributed by atoms with Crippen molar-refractivity contribution in [3.8, 4) is 0 Å². The molecule has 0 saturated carbocycles. The van der Waals surface area contributed by atoms with Crippen LogP contribution in [0.3, 0.4) is 0 Å². The van der Waals surface area contributed by atoms with Crippen LogP contribution in [-0.4, -0.2) is 46.2 Å². The Morgan fingerprint density at radius 2 is 2.56 bits per heavy atom. The highest BCUT2D eigenvalue weighted by Gasteiger charge is 2.25. The standard InChI is InChI=1S/C10H17N5O2S/c1-2-3-8-12-10(18-14-8)15-4-5-17-7(6-15)9(11)13-16/h7,16H,2-6H2,1H3,(H2,11,13). The second-order valence-electron chi connectivity index (χ2n) is 4.07. The van der Waals surface area contributed by atoms with E-state index >= 15 is 0 Å². The van der Waals surface area contributed by atoms with Crippen molar-refractivity contribution in [3.05, 3.63) is 5.82 Å². The van der Waals surface area contributed by atoms with E-state index < -0.39 is 0 Å². The minimum atomic E-state index is -0.387. The summed E-state index contributed by atoms with van der Waals surface area (Å²) in [6.07, 6.45) is 1.54. The third-order valence-electron chi connectivity index (χ3n) is 2.71. The number of hydrogen-bond donors (Lipinski definition) is 2. The van der Waals surface area contributed by atoms with Gasteiger partial charge in [0.25, 0.3) is 0 Å². The third kappa shape index (κ3) is 2.88. The van der Waals surface area contributed by atoms with Gasteiger partial charge in [-0.3, -0.25) is 0 Å². The lowest BCUT2D eigenvalue weighted by atomic mass is 10.2. The van der Waals surface area contributed by atoms with Crippen LogP contribution in [0.15, 0.2) is 5.16 Å². The first-order valence-electron chi connectivity index (χ1n) is 5.91. The molecule has 0 radical (unpaired) electrons. The fourth-order valence-corrected chi connectivity index (χ4v) is 2.51. The van der Waals surface area contributed by atoms with Crippen LogP contribution >= 0.6 is 11.5 Å². The first-order valence-corrected chi connectivity index (χ1v) is 6.68. The van der Waals surface area contributed by atoms with Crippen LogP contribution in [-0.2, 0) is 11.2 Å². The number of ether oxygens (including phenoxy) is 1. The predicted molar refractivity (Wildman–Crippen MR) is 69.3 cm³/mol. The number of anilines is 1. The van der Waals surface area contributed by atoms with Crippen molar-refractivity contribution >= 4 is 22.5 Å². The van der Waals surface area contributed by atoms with E-state index in [1.165, 1.54) is 11.5 Å². The van der Waals surface area contributed by atoms with E-state index in [0.717, 1.165) is 30.3 Å². The largest absolute Gasteiger partial charge is 0.409 e. The number of amidine groups is 1. The van der Waals surface area contributed by atoms with Crippen molar-refractivity contribution in [1.82, 2.24) is 9.36 Å². The van der Waals surface area contributed by atoms with Gasteiger partial charge in [-0.25, -0.2) is 4.98 Å². The molecule has 8 heteroatoms. The Hall–Kier alpha value is -1.41. The molecule has 1 atom stereocenters. The van der Waals surface area contributed by atoms with Crippen molar-refractivity contribution in [2.24, 2.45) is 10.9 Å².